The number of nitrogens with one attached hydrogen (secondary N) is 1. The molecule has 1 atom stereocenters. The highest BCUT2D eigenvalue weighted by atomic mass is 16.6. The summed E-state index contributed by atoms with van der Waals surface area (Å²) < 4.78 is 4.96. The second kappa shape index (κ2) is 7.68. The number of carboxylic acid groups (broad SMARTS) is 1. The van der Waals surface area contributed by atoms with Gasteiger partial charge < -0.3 is 20.3 Å². The third kappa shape index (κ3) is 8.30. The first kappa shape index (κ1) is 18.2. The van der Waals surface area contributed by atoms with Gasteiger partial charge in [0, 0.05) is 13.1 Å². The number of alkyl carbamates (subject to hydrolysis) is 1. The van der Waals surface area contributed by atoms with E-state index in [-0.39, 0.29) is 19.5 Å². The van der Waals surface area contributed by atoms with Crippen LogP contribution in [0.25, 0.3) is 0 Å². The second-order valence-electron chi connectivity index (χ2n) is 5.31. The zero-order valence-corrected chi connectivity index (χ0v) is 12.2. The number of carbonyl (C=O) groups excluding carboxylic acids is 2. The van der Waals surface area contributed by atoms with Crippen molar-refractivity contribution >= 4 is 18.1 Å². The van der Waals surface area contributed by atoms with E-state index in [1.54, 1.807) is 20.8 Å². The van der Waals surface area contributed by atoms with Gasteiger partial charge in [-0.1, -0.05) is 0 Å². The van der Waals surface area contributed by atoms with Crippen molar-refractivity contribution in [2.45, 2.75) is 45.8 Å². The molecule has 0 bridgehead atoms. The molecule has 0 aromatic rings. The number of hydrogen-bond acceptors (Lipinski definition) is 5. The van der Waals surface area contributed by atoms with Crippen LogP contribution in [0.15, 0.2) is 0 Å². The molecule has 0 spiro atoms. The van der Waals surface area contributed by atoms with Crippen LogP contribution in [0.5, 0.6) is 0 Å². The zero-order chi connectivity index (χ0) is 15.9. The van der Waals surface area contributed by atoms with E-state index in [9.17, 15) is 14.4 Å². The maximum absolute atomic E-state index is 11.5. The summed E-state index contributed by atoms with van der Waals surface area (Å²) in [5, 5.41) is 20.3. The number of aliphatic hydroxyl groups excluding tert-OH is 1. The molecule has 3 N–H and O–H groups in total. The molecule has 3 amide bonds. The van der Waals surface area contributed by atoms with Crippen LogP contribution < -0.4 is 5.32 Å². The third-order valence-corrected chi connectivity index (χ3v) is 2.01. The van der Waals surface area contributed by atoms with Crippen LogP contribution in [0.2, 0.25) is 0 Å². The van der Waals surface area contributed by atoms with Crippen LogP contribution in [0, 0.1) is 0 Å². The van der Waals surface area contributed by atoms with E-state index in [0.717, 1.165) is 0 Å². The van der Waals surface area contributed by atoms with Gasteiger partial charge in [-0.2, -0.15) is 0 Å². The standard InChI is InChI=1S/C12H22N2O6/c1-8(15)7-9(16)14(11(18)19)6-5-13-10(17)20-12(2,3)4/h8,15H,5-7H2,1-4H3,(H,13,17)(H,18,19). The van der Waals surface area contributed by atoms with Gasteiger partial charge in [-0.25, -0.2) is 14.5 Å². The fourth-order valence-corrected chi connectivity index (χ4v) is 1.27. The van der Waals surface area contributed by atoms with E-state index in [0.29, 0.717) is 4.90 Å². The van der Waals surface area contributed by atoms with Gasteiger partial charge in [-0.3, -0.25) is 4.79 Å². The Kier molecular flexibility index (Phi) is 6.98. The number of hydrogen-bond donors (Lipinski definition) is 3. The van der Waals surface area contributed by atoms with Crippen molar-refractivity contribution in [3.63, 3.8) is 0 Å². The lowest BCUT2D eigenvalue weighted by atomic mass is 10.2. The molecule has 0 aliphatic rings. The minimum absolute atomic E-state index is 0.0627. The van der Waals surface area contributed by atoms with Crippen LogP contribution in [0.4, 0.5) is 9.59 Å². The van der Waals surface area contributed by atoms with Gasteiger partial charge >= 0.3 is 12.2 Å². The largest absolute Gasteiger partial charge is 0.465 e. The maximum atomic E-state index is 11.5. The molecule has 1 unspecified atom stereocenters. The summed E-state index contributed by atoms with van der Waals surface area (Å²) in [5.41, 5.74) is -0.654. The first-order valence-corrected chi connectivity index (χ1v) is 6.21. The summed E-state index contributed by atoms with van der Waals surface area (Å²) in [5.74, 6) is -0.724. The molecule has 116 valence electrons. The van der Waals surface area contributed by atoms with Crippen molar-refractivity contribution in [1.82, 2.24) is 10.2 Å². The van der Waals surface area contributed by atoms with Gasteiger partial charge in [-0.05, 0) is 27.7 Å². The molecule has 0 aliphatic carbocycles. The van der Waals surface area contributed by atoms with Gasteiger partial charge in [0.1, 0.15) is 5.60 Å². The van der Waals surface area contributed by atoms with Gasteiger partial charge in [0.05, 0.1) is 12.5 Å². The van der Waals surface area contributed by atoms with E-state index in [4.69, 9.17) is 14.9 Å². The summed E-state index contributed by atoms with van der Waals surface area (Å²) in [6.07, 6.45) is -3.34. The molecule has 8 nitrogen and oxygen atoms in total. The second-order valence-corrected chi connectivity index (χ2v) is 5.31. The van der Waals surface area contributed by atoms with Gasteiger partial charge in [-0.15, -0.1) is 0 Å². The molecule has 0 saturated heterocycles. The first-order chi connectivity index (χ1) is 9.03. The monoisotopic (exact) mass is 290 g/mol. The number of aliphatic hydroxyl groups is 1. The number of ether oxygens (including phenoxy) is 1. The lowest BCUT2D eigenvalue weighted by Crippen LogP contribution is -2.43. The molecule has 0 aromatic heterocycles. The molecule has 0 heterocycles. The predicted octanol–water partition coefficient (Wildman–Crippen LogP) is 0.789. The van der Waals surface area contributed by atoms with Crippen LogP contribution in [-0.4, -0.2) is 58.0 Å². The average Bonchev–Trinajstić information content (AvgIpc) is 2.19. The normalized spacial score (nSPS) is 12.4. The van der Waals surface area contributed by atoms with Crippen molar-refractivity contribution in [2.75, 3.05) is 13.1 Å². The number of rotatable bonds is 5. The molecule has 0 aromatic carbocycles. The van der Waals surface area contributed by atoms with Crippen molar-refractivity contribution in [3.8, 4) is 0 Å². The Morgan fingerprint density at radius 2 is 1.85 bits per heavy atom. The predicted molar refractivity (Wildman–Crippen MR) is 70.3 cm³/mol. The molecule has 8 heteroatoms. The topological polar surface area (TPSA) is 116 Å². The van der Waals surface area contributed by atoms with Crippen LogP contribution >= 0.6 is 0 Å². The Bertz CT molecular complexity index is 361. The molecular formula is C12H22N2O6. The molecule has 0 radical (unpaired) electrons. The quantitative estimate of drug-likeness (QED) is 0.689. The van der Waals surface area contributed by atoms with Gasteiger partial charge in [0.15, 0.2) is 0 Å². The highest BCUT2D eigenvalue weighted by Crippen LogP contribution is 2.06. The van der Waals surface area contributed by atoms with Crippen molar-refractivity contribution in [2.24, 2.45) is 0 Å². The van der Waals surface area contributed by atoms with Crippen molar-refractivity contribution in [3.05, 3.63) is 0 Å². The highest BCUT2D eigenvalue weighted by Gasteiger charge is 2.22. The maximum Gasteiger partial charge on any atom is 0.414 e. The van der Waals surface area contributed by atoms with E-state index in [1.165, 1.54) is 6.92 Å². The third-order valence-electron chi connectivity index (χ3n) is 2.01. The minimum atomic E-state index is -1.43. The molecule has 0 saturated carbocycles. The van der Waals surface area contributed by atoms with E-state index in [1.807, 2.05) is 0 Å². The molecule has 0 rings (SSSR count). The molecular weight excluding hydrogens is 268 g/mol. The van der Waals surface area contributed by atoms with Crippen molar-refractivity contribution in [1.29, 1.82) is 0 Å². The van der Waals surface area contributed by atoms with Gasteiger partial charge in [0.2, 0.25) is 5.91 Å². The van der Waals surface area contributed by atoms with E-state index < -0.39 is 29.8 Å². The number of imide groups is 1. The summed E-state index contributed by atoms with van der Waals surface area (Å²) in [6, 6.07) is 0. The molecule has 20 heavy (non-hydrogen) atoms. The van der Waals surface area contributed by atoms with E-state index >= 15 is 0 Å². The number of amides is 3. The zero-order valence-electron chi connectivity index (χ0n) is 12.2. The Hall–Kier alpha value is -1.83. The fourth-order valence-electron chi connectivity index (χ4n) is 1.27. The Balaban J connectivity index is 4.27. The average molecular weight is 290 g/mol. The van der Waals surface area contributed by atoms with Crippen molar-refractivity contribution < 1.29 is 29.3 Å². The molecule has 0 fully saturated rings. The summed E-state index contributed by atoms with van der Waals surface area (Å²) in [4.78, 5) is 34.3. The van der Waals surface area contributed by atoms with Crippen LogP contribution in [-0.2, 0) is 9.53 Å². The SMILES string of the molecule is CC(O)CC(=O)N(CCNC(=O)OC(C)(C)C)C(=O)O. The lowest BCUT2D eigenvalue weighted by Gasteiger charge is -2.21. The number of nitrogens with zero attached hydrogens (tertiary/aromatic N) is 1. The Labute approximate surface area is 117 Å². The number of carbonyl (C=O) groups is 3. The minimum Gasteiger partial charge on any atom is -0.465 e. The lowest BCUT2D eigenvalue weighted by molar-refractivity contribution is -0.130. The van der Waals surface area contributed by atoms with E-state index in [2.05, 4.69) is 5.32 Å². The summed E-state index contributed by atoms with van der Waals surface area (Å²) in [7, 11) is 0. The summed E-state index contributed by atoms with van der Waals surface area (Å²) in [6.45, 7) is 6.21. The first-order valence-electron chi connectivity index (χ1n) is 6.21. The molecule has 0 aliphatic heterocycles. The Morgan fingerprint density at radius 1 is 1.30 bits per heavy atom. The Morgan fingerprint density at radius 3 is 2.25 bits per heavy atom. The van der Waals surface area contributed by atoms with Crippen LogP contribution in [0.1, 0.15) is 34.1 Å². The van der Waals surface area contributed by atoms with Crippen LogP contribution in [0.3, 0.4) is 0 Å². The summed E-state index contributed by atoms with van der Waals surface area (Å²) >= 11 is 0. The highest BCUT2D eigenvalue weighted by molar-refractivity contribution is 5.91. The smallest absolute Gasteiger partial charge is 0.414 e. The van der Waals surface area contributed by atoms with Gasteiger partial charge in [0.25, 0.3) is 0 Å². The fraction of sp³-hybridized carbons (Fsp3) is 0.750.